The minimum absolute atomic E-state index is 0.131. The highest BCUT2D eigenvalue weighted by atomic mass is 16.5. The Morgan fingerprint density at radius 2 is 2.00 bits per heavy atom. The van der Waals surface area contributed by atoms with Crippen LogP contribution in [0.5, 0.6) is 0 Å². The van der Waals surface area contributed by atoms with Crippen molar-refractivity contribution in [1.29, 1.82) is 0 Å². The van der Waals surface area contributed by atoms with Gasteiger partial charge in [0.2, 0.25) is 0 Å². The third-order valence-corrected chi connectivity index (χ3v) is 5.68. The van der Waals surface area contributed by atoms with Crippen LogP contribution in [0.25, 0.3) is 21.9 Å². The molecule has 1 aromatic carbocycles. The lowest BCUT2D eigenvalue weighted by Gasteiger charge is -2.15. The van der Waals surface area contributed by atoms with E-state index in [1.807, 2.05) is 6.07 Å². The van der Waals surface area contributed by atoms with Crippen molar-refractivity contribution in [2.24, 2.45) is 0 Å². The normalized spacial score (nSPS) is 21.6. The summed E-state index contributed by atoms with van der Waals surface area (Å²) in [5, 5.41) is 2.24. The lowest BCUT2D eigenvalue weighted by molar-refractivity contribution is -0.139. The number of benzene rings is 1. The summed E-state index contributed by atoms with van der Waals surface area (Å²) < 4.78 is 13.2. The van der Waals surface area contributed by atoms with Gasteiger partial charge in [0, 0.05) is 41.1 Å². The Balaban J connectivity index is 1.53. The maximum Gasteiger partial charge on any atom is 0.313 e. The molecule has 5 nitrogen and oxygen atoms in total. The summed E-state index contributed by atoms with van der Waals surface area (Å²) in [7, 11) is 0. The largest absolute Gasteiger partial charge is 0.465 e. The lowest BCUT2D eigenvalue weighted by Crippen LogP contribution is -2.23. The highest BCUT2D eigenvalue weighted by Gasteiger charge is 2.31. The highest BCUT2D eigenvalue weighted by Crippen LogP contribution is 2.37. The molecule has 0 radical (unpaired) electrons. The Bertz CT molecular complexity index is 933. The van der Waals surface area contributed by atoms with Crippen molar-refractivity contribution in [2.75, 3.05) is 26.2 Å². The number of rotatable bonds is 4. The maximum atomic E-state index is 12.0. The number of nitrogens with zero attached hydrogens (tertiary/aromatic N) is 2. The van der Waals surface area contributed by atoms with Crippen LogP contribution in [0.3, 0.4) is 0 Å². The first kappa shape index (κ1) is 15.0. The molecule has 0 spiro atoms. The van der Waals surface area contributed by atoms with Gasteiger partial charge in [-0.2, -0.15) is 0 Å². The number of hydrogen-bond acceptors (Lipinski definition) is 4. The summed E-state index contributed by atoms with van der Waals surface area (Å²) in [6.45, 7) is 5.03. The minimum atomic E-state index is -0.195. The van der Waals surface area contributed by atoms with Crippen LogP contribution >= 0.6 is 0 Å². The van der Waals surface area contributed by atoms with Crippen molar-refractivity contribution in [3.8, 4) is 0 Å². The van der Waals surface area contributed by atoms with Crippen LogP contribution in [0.4, 0.5) is 0 Å². The molecule has 1 atom stereocenters. The van der Waals surface area contributed by atoms with Crippen molar-refractivity contribution in [3.63, 3.8) is 0 Å². The predicted molar refractivity (Wildman–Crippen MR) is 95.7 cm³/mol. The van der Waals surface area contributed by atoms with Crippen molar-refractivity contribution < 1.29 is 13.9 Å². The van der Waals surface area contributed by atoms with Gasteiger partial charge in [-0.3, -0.25) is 4.79 Å². The van der Waals surface area contributed by atoms with Crippen LogP contribution in [-0.2, 0) is 16.1 Å². The van der Waals surface area contributed by atoms with E-state index in [1.54, 1.807) is 6.26 Å². The molecule has 130 valence electrons. The summed E-state index contributed by atoms with van der Waals surface area (Å²) in [5.41, 5.74) is 3.03. The molecule has 2 aliphatic heterocycles. The van der Waals surface area contributed by atoms with Crippen molar-refractivity contribution in [2.45, 2.75) is 31.7 Å². The maximum absolute atomic E-state index is 12.0. The first-order valence-corrected chi connectivity index (χ1v) is 9.19. The summed E-state index contributed by atoms with van der Waals surface area (Å²) in [6, 6.07) is 6.30. The molecule has 4 heterocycles. The van der Waals surface area contributed by atoms with Crippen molar-refractivity contribution in [1.82, 2.24) is 9.47 Å². The van der Waals surface area contributed by atoms with Gasteiger partial charge in [0.25, 0.3) is 0 Å². The molecule has 0 aliphatic carbocycles. The fourth-order valence-electron chi connectivity index (χ4n) is 4.32. The number of fused-ring (bicyclic) bond motifs is 3. The zero-order valence-corrected chi connectivity index (χ0v) is 14.2. The SMILES string of the molecule is O=C1OCCC1c1coc2ccc3c(ccn3CCN3CCCC3)c12. The van der Waals surface area contributed by atoms with E-state index in [-0.39, 0.29) is 11.9 Å². The first-order chi connectivity index (χ1) is 12.3. The number of aromatic nitrogens is 1. The third kappa shape index (κ3) is 2.45. The number of cyclic esters (lactones) is 1. The summed E-state index contributed by atoms with van der Waals surface area (Å²) in [6.07, 6.45) is 7.28. The Hall–Kier alpha value is -2.27. The van der Waals surface area contributed by atoms with Crippen molar-refractivity contribution >= 4 is 27.8 Å². The predicted octanol–water partition coefficient (Wildman–Crippen LogP) is 3.51. The van der Waals surface area contributed by atoms with Gasteiger partial charge < -0.3 is 18.6 Å². The monoisotopic (exact) mass is 338 g/mol. The van der Waals surface area contributed by atoms with Gasteiger partial charge in [-0.25, -0.2) is 0 Å². The number of carbonyl (C=O) groups is 1. The first-order valence-electron chi connectivity index (χ1n) is 9.19. The van der Waals surface area contributed by atoms with E-state index in [0.717, 1.165) is 36.0 Å². The van der Waals surface area contributed by atoms with Crippen LogP contribution in [-0.4, -0.2) is 41.7 Å². The fourth-order valence-corrected chi connectivity index (χ4v) is 4.32. The standard InChI is InChI=1S/C20H22N2O3/c23-20-14(6-12-24-20)16-13-25-18-4-3-17-15(19(16)18)5-9-22(17)11-10-21-7-1-2-8-21/h3-5,9,13-14H,1-2,6-8,10-12H2. The van der Waals surface area contributed by atoms with E-state index >= 15 is 0 Å². The molecule has 1 unspecified atom stereocenters. The van der Waals surface area contributed by atoms with E-state index in [1.165, 1.54) is 36.8 Å². The molecular weight excluding hydrogens is 316 g/mol. The molecule has 2 aromatic heterocycles. The molecule has 25 heavy (non-hydrogen) atoms. The van der Waals surface area contributed by atoms with E-state index in [0.29, 0.717) is 6.61 Å². The summed E-state index contributed by atoms with van der Waals surface area (Å²) in [5.74, 6) is -0.326. The quantitative estimate of drug-likeness (QED) is 0.683. The lowest BCUT2D eigenvalue weighted by atomic mass is 9.96. The number of ether oxygens (including phenoxy) is 1. The minimum Gasteiger partial charge on any atom is -0.465 e. The third-order valence-electron chi connectivity index (χ3n) is 5.68. The molecule has 0 bridgehead atoms. The molecule has 5 rings (SSSR count). The molecule has 2 aliphatic rings. The molecular formula is C20H22N2O3. The number of likely N-dealkylation sites (tertiary alicyclic amines) is 1. The van der Waals surface area contributed by atoms with Gasteiger partial charge in [0.15, 0.2) is 0 Å². The second-order valence-electron chi connectivity index (χ2n) is 7.13. The molecule has 5 heteroatoms. The molecule has 0 saturated carbocycles. The van der Waals surface area contributed by atoms with Crippen LogP contribution in [0.2, 0.25) is 0 Å². The van der Waals surface area contributed by atoms with Crippen LogP contribution in [0.1, 0.15) is 30.7 Å². The van der Waals surface area contributed by atoms with Crippen LogP contribution < -0.4 is 0 Å². The van der Waals surface area contributed by atoms with Gasteiger partial charge in [-0.05, 0) is 50.6 Å². The van der Waals surface area contributed by atoms with Crippen LogP contribution in [0.15, 0.2) is 35.1 Å². The Kier molecular flexibility index (Phi) is 3.55. The average molecular weight is 338 g/mol. The second-order valence-corrected chi connectivity index (χ2v) is 7.13. The number of hydrogen-bond donors (Lipinski definition) is 0. The Morgan fingerprint density at radius 3 is 2.80 bits per heavy atom. The summed E-state index contributed by atoms with van der Waals surface area (Å²) >= 11 is 0. The molecule has 2 fully saturated rings. The van der Waals surface area contributed by atoms with Gasteiger partial charge in [-0.15, -0.1) is 0 Å². The number of esters is 1. The van der Waals surface area contributed by atoms with Gasteiger partial charge >= 0.3 is 5.97 Å². The molecule has 3 aromatic rings. The topological polar surface area (TPSA) is 47.6 Å². The second kappa shape index (κ2) is 5.92. The fraction of sp³-hybridized carbons (Fsp3) is 0.450. The van der Waals surface area contributed by atoms with Gasteiger partial charge in [-0.1, -0.05) is 0 Å². The van der Waals surface area contributed by atoms with E-state index in [2.05, 4.69) is 27.8 Å². The number of carbonyl (C=O) groups excluding carboxylic acids is 1. The molecule has 0 N–H and O–H groups in total. The van der Waals surface area contributed by atoms with E-state index in [9.17, 15) is 4.79 Å². The van der Waals surface area contributed by atoms with E-state index in [4.69, 9.17) is 9.15 Å². The molecule has 0 amide bonds. The number of furan rings is 1. The van der Waals surface area contributed by atoms with Crippen molar-refractivity contribution in [3.05, 3.63) is 36.2 Å². The van der Waals surface area contributed by atoms with Crippen LogP contribution in [0, 0.1) is 0 Å². The summed E-state index contributed by atoms with van der Waals surface area (Å²) in [4.78, 5) is 14.6. The van der Waals surface area contributed by atoms with E-state index < -0.39 is 0 Å². The average Bonchev–Trinajstić information content (AvgIpc) is 3.38. The zero-order valence-electron chi connectivity index (χ0n) is 14.2. The Morgan fingerprint density at radius 1 is 1.12 bits per heavy atom. The smallest absolute Gasteiger partial charge is 0.313 e. The molecule has 2 saturated heterocycles. The zero-order chi connectivity index (χ0) is 16.8. The highest BCUT2D eigenvalue weighted by molar-refractivity contribution is 6.08. The Labute approximate surface area is 146 Å². The van der Waals surface area contributed by atoms with Gasteiger partial charge in [0.05, 0.1) is 18.8 Å². The van der Waals surface area contributed by atoms with Gasteiger partial charge in [0.1, 0.15) is 5.58 Å².